The molecule has 1 N–H and O–H groups in total. The molecule has 1 heterocycles. The molecule has 1 aromatic rings. The van der Waals surface area contributed by atoms with Gasteiger partial charge in [-0.05, 0) is 53.9 Å². The van der Waals surface area contributed by atoms with Gasteiger partial charge in [-0.25, -0.2) is 8.42 Å². The molecule has 0 aliphatic carbocycles. The number of carbonyl (C=O) groups excluding carboxylic acids is 1. The molecule has 116 valence electrons. The highest BCUT2D eigenvalue weighted by atomic mass is 79.9. The monoisotopic (exact) mass is 395 g/mol. The van der Waals surface area contributed by atoms with Gasteiger partial charge in [-0.2, -0.15) is 0 Å². The summed E-state index contributed by atoms with van der Waals surface area (Å²) in [5.74, 6) is -0.347. The number of ether oxygens (including phenoxy) is 1. The summed E-state index contributed by atoms with van der Waals surface area (Å²) in [5, 5.41) is 2.88. The number of rotatable bonds is 3. The third-order valence-electron chi connectivity index (χ3n) is 3.38. The van der Waals surface area contributed by atoms with Crippen LogP contribution in [0.25, 0.3) is 0 Å². The van der Waals surface area contributed by atoms with Crippen LogP contribution >= 0.6 is 26.6 Å². The van der Waals surface area contributed by atoms with Gasteiger partial charge in [-0.3, -0.25) is 4.79 Å². The first-order chi connectivity index (χ1) is 9.62. The Morgan fingerprint density at radius 3 is 2.67 bits per heavy atom. The number of hydrogen-bond acceptors (Lipinski definition) is 4. The lowest BCUT2D eigenvalue weighted by Gasteiger charge is -2.23. The first-order valence-electron chi connectivity index (χ1n) is 6.27. The van der Waals surface area contributed by atoms with Gasteiger partial charge in [-0.15, -0.1) is 0 Å². The molecule has 21 heavy (non-hydrogen) atoms. The van der Waals surface area contributed by atoms with Crippen LogP contribution in [0, 0.1) is 6.92 Å². The minimum Gasteiger partial charge on any atom is -0.379 e. The zero-order chi connectivity index (χ0) is 15.8. The molecule has 8 heteroatoms. The number of amides is 1. The zero-order valence-corrected chi connectivity index (χ0v) is 14.7. The van der Waals surface area contributed by atoms with E-state index in [1.807, 2.05) is 6.92 Å². The van der Waals surface area contributed by atoms with Crippen LogP contribution in [0.4, 0.5) is 0 Å². The first kappa shape index (κ1) is 16.7. The van der Waals surface area contributed by atoms with Crippen LogP contribution in [0.3, 0.4) is 0 Å². The van der Waals surface area contributed by atoms with Crippen molar-refractivity contribution in [2.75, 3.05) is 13.2 Å². The van der Waals surface area contributed by atoms with Gasteiger partial charge in [0.2, 0.25) is 0 Å². The number of halogens is 2. The third kappa shape index (κ3) is 3.77. The second kappa shape index (κ2) is 5.87. The highest BCUT2D eigenvalue weighted by molar-refractivity contribution is 9.10. The quantitative estimate of drug-likeness (QED) is 0.797. The highest BCUT2D eigenvalue weighted by Gasteiger charge is 2.32. The second-order valence-electron chi connectivity index (χ2n) is 5.36. The van der Waals surface area contributed by atoms with E-state index in [0.717, 1.165) is 6.42 Å². The number of carbonyl (C=O) groups is 1. The van der Waals surface area contributed by atoms with Crippen LogP contribution in [0.2, 0.25) is 0 Å². The van der Waals surface area contributed by atoms with E-state index in [0.29, 0.717) is 23.2 Å². The smallest absolute Gasteiger partial charge is 0.262 e. The molecule has 1 aliphatic heterocycles. The van der Waals surface area contributed by atoms with E-state index >= 15 is 0 Å². The van der Waals surface area contributed by atoms with Gasteiger partial charge in [0, 0.05) is 27.3 Å². The minimum absolute atomic E-state index is 0.109. The summed E-state index contributed by atoms with van der Waals surface area (Å²) in [7, 11) is 1.47. The zero-order valence-electron chi connectivity index (χ0n) is 11.6. The predicted octanol–water partition coefficient (Wildman–Crippen LogP) is 2.59. The predicted molar refractivity (Wildman–Crippen MR) is 83.2 cm³/mol. The van der Waals surface area contributed by atoms with Crippen molar-refractivity contribution in [2.45, 2.75) is 30.7 Å². The van der Waals surface area contributed by atoms with Crippen LogP contribution in [0.5, 0.6) is 0 Å². The van der Waals surface area contributed by atoms with Crippen LogP contribution in [-0.4, -0.2) is 33.1 Å². The number of benzene rings is 1. The Kier molecular flexibility index (Phi) is 4.68. The van der Waals surface area contributed by atoms with Gasteiger partial charge in [0.1, 0.15) is 0 Å². The lowest BCUT2D eigenvalue weighted by molar-refractivity contribution is 0.0889. The molecule has 1 aromatic carbocycles. The maximum Gasteiger partial charge on any atom is 0.262 e. The Hall–Kier alpha value is -0.630. The lowest BCUT2D eigenvalue weighted by Crippen LogP contribution is -2.46. The van der Waals surface area contributed by atoms with Crippen LogP contribution in [0.15, 0.2) is 21.5 Å². The first-order valence-corrected chi connectivity index (χ1v) is 9.38. The Morgan fingerprint density at radius 2 is 2.14 bits per heavy atom. The van der Waals surface area contributed by atoms with Crippen molar-refractivity contribution in [3.8, 4) is 0 Å². The summed E-state index contributed by atoms with van der Waals surface area (Å²) >= 11 is 3.18. The van der Waals surface area contributed by atoms with Gasteiger partial charge in [-0.1, -0.05) is 0 Å². The summed E-state index contributed by atoms with van der Waals surface area (Å²) in [4.78, 5) is 12.2. The molecule has 1 atom stereocenters. The molecule has 1 fully saturated rings. The molecular formula is C13H15BrClNO4S. The molecule has 0 aromatic heterocycles. The largest absolute Gasteiger partial charge is 0.379 e. The molecule has 1 unspecified atom stereocenters. The average Bonchev–Trinajstić information content (AvgIpc) is 2.77. The van der Waals surface area contributed by atoms with E-state index < -0.39 is 14.6 Å². The molecule has 2 rings (SSSR count). The van der Waals surface area contributed by atoms with Crippen LogP contribution in [0.1, 0.15) is 29.3 Å². The Balaban J connectivity index is 2.36. The minimum atomic E-state index is -3.93. The van der Waals surface area contributed by atoms with Crippen molar-refractivity contribution in [2.24, 2.45) is 0 Å². The maximum atomic E-state index is 12.3. The van der Waals surface area contributed by atoms with E-state index in [4.69, 9.17) is 15.4 Å². The third-order valence-corrected chi connectivity index (χ3v) is 6.04. The lowest BCUT2D eigenvalue weighted by atomic mass is 10.0. The molecular weight excluding hydrogens is 382 g/mol. The molecule has 1 saturated heterocycles. The van der Waals surface area contributed by atoms with E-state index in [-0.39, 0.29) is 16.4 Å². The van der Waals surface area contributed by atoms with Crippen molar-refractivity contribution in [1.29, 1.82) is 0 Å². The van der Waals surface area contributed by atoms with Gasteiger partial charge in [0.15, 0.2) is 0 Å². The fourth-order valence-electron chi connectivity index (χ4n) is 2.16. The Morgan fingerprint density at radius 1 is 1.48 bits per heavy atom. The molecule has 1 aliphatic rings. The summed E-state index contributed by atoms with van der Waals surface area (Å²) < 4.78 is 28.8. The maximum absolute atomic E-state index is 12.3. The van der Waals surface area contributed by atoms with Crippen molar-refractivity contribution < 1.29 is 17.9 Å². The van der Waals surface area contributed by atoms with Gasteiger partial charge < -0.3 is 10.1 Å². The van der Waals surface area contributed by atoms with E-state index in [9.17, 15) is 13.2 Å². The normalized spacial score (nSPS) is 22.3. The molecule has 0 spiro atoms. The molecule has 0 radical (unpaired) electrons. The van der Waals surface area contributed by atoms with E-state index in [1.165, 1.54) is 6.07 Å². The molecule has 5 nitrogen and oxygen atoms in total. The molecule has 0 saturated carbocycles. The fourth-order valence-corrected chi connectivity index (χ4v) is 4.31. The van der Waals surface area contributed by atoms with Gasteiger partial charge >= 0.3 is 0 Å². The molecule has 1 amide bonds. The number of nitrogens with one attached hydrogen (secondary N) is 1. The summed E-state index contributed by atoms with van der Waals surface area (Å²) in [6, 6.07) is 2.89. The van der Waals surface area contributed by atoms with Crippen molar-refractivity contribution >= 4 is 41.6 Å². The van der Waals surface area contributed by atoms with Crippen LogP contribution < -0.4 is 5.32 Å². The molecule has 0 bridgehead atoms. The number of hydrogen-bond donors (Lipinski definition) is 1. The van der Waals surface area contributed by atoms with Crippen molar-refractivity contribution in [3.05, 3.63) is 27.7 Å². The van der Waals surface area contributed by atoms with Crippen LogP contribution in [-0.2, 0) is 13.8 Å². The standard InChI is InChI=1S/C13H15BrClNO4S/c1-8-5-9(6-10(11(8)14)21(15,18)19)12(17)16-13(2)3-4-20-7-13/h5-6H,3-4,7H2,1-2H3,(H,16,17). The summed E-state index contributed by atoms with van der Waals surface area (Å²) in [6.45, 7) is 4.63. The van der Waals surface area contributed by atoms with Crippen molar-refractivity contribution in [3.63, 3.8) is 0 Å². The highest BCUT2D eigenvalue weighted by Crippen LogP contribution is 2.30. The van der Waals surface area contributed by atoms with Gasteiger partial charge in [0.05, 0.1) is 17.0 Å². The summed E-state index contributed by atoms with van der Waals surface area (Å²) in [5.41, 5.74) is 0.440. The average molecular weight is 397 g/mol. The van der Waals surface area contributed by atoms with Gasteiger partial charge in [0.25, 0.3) is 15.0 Å². The van der Waals surface area contributed by atoms with E-state index in [2.05, 4.69) is 21.2 Å². The Labute approximate surface area is 136 Å². The van der Waals surface area contributed by atoms with Crippen molar-refractivity contribution in [1.82, 2.24) is 5.32 Å². The fraction of sp³-hybridized carbons (Fsp3) is 0.462. The SMILES string of the molecule is Cc1cc(C(=O)NC2(C)CCOC2)cc(S(=O)(=O)Cl)c1Br. The Bertz CT molecular complexity index is 684. The topological polar surface area (TPSA) is 72.5 Å². The van der Waals surface area contributed by atoms with E-state index in [1.54, 1.807) is 13.0 Å². The second-order valence-corrected chi connectivity index (χ2v) is 8.69. The number of aryl methyl sites for hydroxylation is 1. The summed E-state index contributed by atoms with van der Waals surface area (Å²) in [6.07, 6.45) is 0.717.